The summed E-state index contributed by atoms with van der Waals surface area (Å²) < 4.78 is 9.85. The summed E-state index contributed by atoms with van der Waals surface area (Å²) in [5.41, 5.74) is 1.51. The molecule has 0 aliphatic carbocycles. The summed E-state index contributed by atoms with van der Waals surface area (Å²) in [5.74, 6) is 0.545. The van der Waals surface area contributed by atoms with Gasteiger partial charge >= 0.3 is 0 Å². The topological polar surface area (TPSA) is 74.0 Å². The lowest BCUT2D eigenvalue weighted by molar-refractivity contribution is -0.116. The highest BCUT2D eigenvalue weighted by molar-refractivity contribution is 9.10. The van der Waals surface area contributed by atoms with Crippen LogP contribution in [0.2, 0.25) is 5.02 Å². The van der Waals surface area contributed by atoms with E-state index in [9.17, 15) is 4.79 Å². The second kappa shape index (κ2) is 8.37. The number of ether oxygens (including phenoxy) is 1. The van der Waals surface area contributed by atoms with E-state index in [2.05, 4.69) is 31.4 Å². The Morgan fingerprint density at radius 2 is 2.19 bits per heavy atom. The third-order valence-electron chi connectivity index (χ3n) is 3.53. The maximum atomic E-state index is 12.1. The summed E-state index contributed by atoms with van der Waals surface area (Å²) in [7, 11) is 0. The van der Waals surface area contributed by atoms with Crippen molar-refractivity contribution in [3.8, 4) is 5.75 Å². The number of aromatic nitrogens is 4. The predicted molar refractivity (Wildman–Crippen MR) is 102 cm³/mol. The molecule has 0 aliphatic heterocycles. The molecule has 1 aromatic carbocycles. The van der Waals surface area contributed by atoms with Crippen molar-refractivity contribution in [1.29, 1.82) is 0 Å². The van der Waals surface area contributed by atoms with Crippen LogP contribution in [0.15, 0.2) is 47.3 Å². The monoisotopic (exact) mass is 437 g/mol. The van der Waals surface area contributed by atoms with Crippen molar-refractivity contribution in [2.45, 2.75) is 26.6 Å². The van der Waals surface area contributed by atoms with Crippen LogP contribution in [0.5, 0.6) is 5.75 Å². The van der Waals surface area contributed by atoms with Gasteiger partial charge in [0.1, 0.15) is 5.75 Å². The highest BCUT2D eigenvalue weighted by Gasteiger charge is 2.07. The molecule has 7 nitrogen and oxygen atoms in total. The van der Waals surface area contributed by atoms with Gasteiger partial charge in [-0.25, -0.2) is 4.68 Å². The molecule has 0 aliphatic rings. The number of anilines is 1. The van der Waals surface area contributed by atoms with Crippen LogP contribution in [0.4, 0.5) is 5.69 Å². The van der Waals surface area contributed by atoms with Crippen molar-refractivity contribution in [2.75, 3.05) is 5.32 Å². The number of hydrogen-bond acceptors (Lipinski definition) is 4. The molecule has 0 bridgehead atoms. The van der Waals surface area contributed by atoms with E-state index in [1.807, 2.05) is 25.3 Å². The molecular weight excluding hydrogens is 422 g/mol. The highest BCUT2D eigenvalue weighted by Crippen LogP contribution is 2.18. The average Bonchev–Trinajstić information content (AvgIpc) is 3.18. The van der Waals surface area contributed by atoms with Crippen LogP contribution >= 0.6 is 27.5 Å². The molecule has 0 fully saturated rings. The highest BCUT2D eigenvalue weighted by atomic mass is 79.9. The first kappa shape index (κ1) is 18.5. The van der Waals surface area contributed by atoms with Gasteiger partial charge in [0, 0.05) is 24.2 Å². The number of carbonyl (C=O) groups is 1. The van der Waals surface area contributed by atoms with Gasteiger partial charge in [0.2, 0.25) is 5.91 Å². The molecule has 3 aromatic rings. The maximum absolute atomic E-state index is 12.1. The van der Waals surface area contributed by atoms with E-state index in [0.29, 0.717) is 29.4 Å². The molecule has 0 saturated carbocycles. The minimum Gasteiger partial charge on any atom is -0.471 e. The molecule has 0 saturated heterocycles. The Kier molecular flexibility index (Phi) is 5.95. The minimum atomic E-state index is -0.107. The third kappa shape index (κ3) is 5.09. The second-order valence-corrected chi connectivity index (χ2v) is 6.91. The second-order valence-electron chi connectivity index (χ2n) is 5.62. The molecule has 2 aromatic heterocycles. The first-order valence-corrected chi connectivity index (χ1v) is 9.07. The van der Waals surface area contributed by atoms with Crippen molar-refractivity contribution in [3.05, 3.63) is 58.0 Å². The first-order valence-electron chi connectivity index (χ1n) is 7.90. The Labute approximate surface area is 164 Å². The normalized spacial score (nSPS) is 10.7. The van der Waals surface area contributed by atoms with Crippen molar-refractivity contribution in [1.82, 2.24) is 19.6 Å². The number of carbonyl (C=O) groups excluding carboxylic acids is 1. The largest absolute Gasteiger partial charge is 0.471 e. The number of nitrogens with one attached hydrogen (secondary N) is 1. The fourth-order valence-corrected chi connectivity index (χ4v) is 2.74. The molecule has 3 rings (SSSR count). The van der Waals surface area contributed by atoms with Crippen LogP contribution in [-0.2, 0) is 18.1 Å². The van der Waals surface area contributed by atoms with Crippen LogP contribution in [0, 0.1) is 6.92 Å². The number of aryl methyl sites for hydroxylation is 2. The smallest absolute Gasteiger partial charge is 0.226 e. The van der Waals surface area contributed by atoms with E-state index >= 15 is 0 Å². The van der Waals surface area contributed by atoms with E-state index in [0.717, 1.165) is 10.2 Å². The van der Waals surface area contributed by atoms with E-state index in [4.69, 9.17) is 16.3 Å². The summed E-state index contributed by atoms with van der Waals surface area (Å²) in [5, 5.41) is 11.9. The molecule has 136 valence electrons. The zero-order valence-corrected chi connectivity index (χ0v) is 16.4. The number of halogens is 2. The molecule has 1 N–H and O–H groups in total. The van der Waals surface area contributed by atoms with Gasteiger partial charge in [-0.05, 0) is 41.1 Å². The van der Waals surface area contributed by atoms with Gasteiger partial charge in [0.15, 0.2) is 6.73 Å². The summed E-state index contributed by atoms with van der Waals surface area (Å²) >= 11 is 9.31. The van der Waals surface area contributed by atoms with Crippen LogP contribution in [-0.4, -0.2) is 25.5 Å². The van der Waals surface area contributed by atoms with Crippen LogP contribution in [0.25, 0.3) is 0 Å². The number of amides is 1. The fraction of sp³-hybridized carbons (Fsp3) is 0.235. The maximum Gasteiger partial charge on any atom is 0.226 e. The Bertz CT molecular complexity index is 889. The van der Waals surface area contributed by atoms with Gasteiger partial charge in [0.25, 0.3) is 0 Å². The number of benzene rings is 1. The fourth-order valence-electron chi connectivity index (χ4n) is 2.24. The zero-order valence-electron chi connectivity index (χ0n) is 14.0. The molecular formula is C17H17BrClN5O2. The molecule has 0 atom stereocenters. The molecule has 1 amide bonds. The summed E-state index contributed by atoms with van der Waals surface area (Å²) in [6.45, 7) is 2.63. The third-order valence-corrected chi connectivity index (χ3v) is 4.54. The van der Waals surface area contributed by atoms with Gasteiger partial charge in [0.05, 0.1) is 28.2 Å². The first-order chi connectivity index (χ1) is 12.5. The standard InChI is InChI=1S/C17H17BrClN5O2/c1-12-16(18)10-23(22-12)6-5-17(25)21-14-8-20-24(9-14)11-26-15-4-2-3-13(19)7-15/h2-4,7-10H,5-6,11H2,1H3,(H,21,25). The van der Waals surface area contributed by atoms with E-state index < -0.39 is 0 Å². The number of rotatable bonds is 7. The Hall–Kier alpha value is -2.32. The van der Waals surface area contributed by atoms with Crippen molar-refractivity contribution in [2.24, 2.45) is 0 Å². The van der Waals surface area contributed by atoms with Crippen molar-refractivity contribution >= 4 is 39.1 Å². The summed E-state index contributed by atoms with van der Waals surface area (Å²) in [4.78, 5) is 12.1. The molecule has 0 spiro atoms. The summed E-state index contributed by atoms with van der Waals surface area (Å²) in [6, 6.07) is 7.13. The van der Waals surface area contributed by atoms with Crippen LogP contribution < -0.4 is 10.1 Å². The Morgan fingerprint density at radius 3 is 2.92 bits per heavy atom. The summed E-state index contributed by atoms with van der Waals surface area (Å²) in [6.07, 6.45) is 5.45. The predicted octanol–water partition coefficient (Wildman–Crippen LogP) is 3.87. The Morgan fingerprint density at radius 1 is 1.35 bits per heavy atom. The zero-order chi connectivity index (χ0) is 18.5. The lowest BCUT2D eigenvalue weighted by Gasteiger charge is -2.06. The lowest BCUT2D eigenvalue weighted by Crippen LogP contribution is -2.14. The Balaban J connectivity index is 1.47. The number of nitrogens with zero attached hydrogens (tertiary/aromatic N) is 4. The quantitative estimate of drug-likeness (QED) is 0.608. The van der Waals surface area contributed by atoms with E-state index in [1.165, 1.54) is 0 Å². The van der Waals surface area contributed by atoms with E-state index in [1.54, 1.807) is 33.9 Å². The van der Waals surface area contributed by atoms with Gasteiger partial charge < -0.3 is 10.1 Å². The molecule has 0 unspecified atom stereocenters. The van der Waals surface area contributed by atoms with Gasteiger partial charge in [-0.15, -0.1) is 0 Å². The molecule has 26 heavy (non-hydrogen) atoms. The average molecular weight is 439 g/mol. The van der Waals surface area contributed by atoms with Crippen LogP contribution in [0.3, 0.4) is 0 Å². The van der Waals surface area contributed by atoms with Gasteiger partial charge in [-0.1, -0.05) is 17.7 Å². The molecule has 0 radical (unpaired) electrons. The van der Waals surface area contributed by atoms with Gasteiger partial charge in [-0.2, -0.15) is 10.2 Å². The lowest BCUT2D eigenvalue weighted by atomic mass is 10.3. The van der Waals surface area contributed by atoms with E-state index in [-0.39, 0.29) is 12.6 Å². The van der Waals surface area contributed by atoms with Crippen molar-refractivity contribution in [3.63, 3.8) is 0 Å². The molecule has 9 heteroatoms. The van der Waals surface area contributed by atoms with Crippen LogP contribution in [0.1, 0.15) is 12.1 Å². The SMILES string of the molecule is Cc1nn(CCC(=O)Nc2cnn(COc3cccc(Cl)c3)c2)cc1Br. The van der Waals surface area contributed by atoms with Gasteiger partial charge in [-0.3, -0.25) is 9.48 Å². The van der Waals surface area contributed by atoms with Crippen molar-refractivity contribution < 1.29 is 9.53 Å². The molecule has 2 heterocycles. The minimum absolute atomic E-state index is 0.107. The number of hydrogen-bond donors (Lipinski definition) is 1.